The molecule has 19 heteroatoms. The molecule has 6 aromatic rings. The van der Waals surface area contributed by atoms with Gasteiger partial charge in [0.2, 0.25) is 47.3 Å². The summed E-state index contributed by atoms with van der Waals surface area (Å²) in [5.41, 5.74) is 10.6. The number of hydrogen-bond acceptors (Lipinski definition) is 8. The first kappa shape index (κ1) is 53.4. The maximum absolute atomic E-state index is 14.2. The van der Waals surface area contributed by atoms with Crippen LogP contribution < -0.4 is 43.0 Å². The Morgan fingerprint density at radius 1 is 0.528 bits per heavy atom. The van der Waals surface area contributed by atoms with E-state index in [1.165, 1.54) is 6.92 Å². The number of carbonyl (C=O) groups excluding carboxylic acids is 8. The molecule has 3 aromatic carbocycles. The largest absolute Gasteiger partial charge is 0.368 e. The van der Waals surface area contributed by atoms with Gasteiger partial charge in [0, 0.05) is 90.5 Å². The normalized spacial score (nSPS) is 13.9. The standard InChI is InChI=1S/C53H67N11O8/c1-6-31(4)48(49(54)68)64-52(71)44(25-35-28-58-41-20-12-9-17-38(35)41)62-46(67)29-59-53(72)47(30(2)3)63-51(70)43(24-34-27-57-40-19-11-8-16-37(34)40)61-45(66)21-13-14-22-55-50(69)42(60-32(5)65)23-33-26-56-39-18-10-7-15-36(33)39/h7-12,15-20,26-28,30-31,42-44,47-48,56-58H,6,13-14,21-25,29H2,1-5H3,(H2,54,68)(H,55,69)(H,59,72)(H,60,65)(H,61,66)(H,62,67)(H,63,70)(H,64,71)/t31?,42-,43-,44-,47-,48-/m0/s1. The Hall–Kier alpha value is -7.96. The number of carbonyl (C=O) groups is 8. The third-order valence-corrected chi connectivity index (χ3v) is 12.9. The van der Waals surface area contributed by atoms with Gasteiger partial charge >= 0.3 is 0 Å². The molecule has 0 spiro atoms. The quantitative estimate of drug-likeness (QED) is 0.0358. The van der Waals surface area contributed by atoms with Crippen molar-refractivity contribution < 1.29 is 38.4 Å². The van der Waals surface area contributed by atoms with Gasteiger partial charge in [-0.1, -0.05) is 88.7 Å². The molecule has 19 nitrogen and oxygen atoms in total. The number of aromatic nitrogens is 3. The van der Waals surface area contributed by atoms with E-state index in [9.17, 15) is 38.4 Å². The molecule has 0 aliphatic rings. The van der Waals surface area contributed by atoms with Crippen molar-refractivity contribution in [2.24, 2.45) is 17.6 Å². The van der Waals surface area contributed by atoms with Crippen LogP contribution >= 0.6 is 0 Å². The molecule has 8 amide bonds. The number of amides is 8. The van der Waals surface area contributed by atoms with Crippen molar-refractivity contribution in [1.82, 2.24) is 52.2 Å². The zero-order chi connectivity index (χ0) is 51.9. The van der Waals surface area contributed by atoms with Crippen LogP contribution in [0, 0.1) is 11.8 Å². The topological polar surface area (TPSA) is 294 Å². The first-order chi connectivity index (χ1) is 34.5. The van der Waals surface area contributed by atoms with E-state index < -0.39 is 78.1 Å². The number of para-hydroxylation sites is 3. The molecule has 0 saturated carbocycles. The van der Waals surface area contributed by atoms with Crippen LogP contribution in [0.4, 0.5) is 0 Å². The second kappa shape index (κ2) is 25.2. The van der Waals surface area contributed by atoms with Gasteiger partial charge in [-0.2, -0.15) is 0 Å². The maximum atomic E-state index is 14.2. The van der Waals surface area contributed by atoms with E-state index in [4.69, 9.17) is 5.73 Å². The molecule has 12 N–H and O–H groups in total. The number of rotatable bonds is 26. The minimum atomic E-state index is -1.16. The molecule has 0 aliphatic heterocycles. The molecule has 72 heavy (non-hydrogen) atoms. The fourth-order valence-electron chi connectivity index (χ4n) is 8.74. The van der Waals surface area contributed by atoms with Gasteiger partial charge < -0.3 is 57.9 Å². The minimum Gasteiger partial charge on any atom is -0.368 e. The number of aromatic amines is 3. The molecule has 3 aromatic heterocycles. The molecule has 0 aliphatic carbocycles. The number of nitrogens with two attached hydrogens (primary N) is 1. The van der Waals surface area contributed by atoms with Gasteiger partial charge in [-0.05, 0) is 59.6 Å². The Morgan fingerprint density at radius 2 is 0.972 bits per heavy atom. The summed E-state index contributed by atoms with van der Waals surface area (Å²) in [6, 6.07) is 17.5. The van der Waals surface area contributed by atoms with Crippen LogP contribution in [-0.4, -0.2) is 106 Å². The van der Waals surface area contributed by atoms with Crippen LogP contribution in [0.2, 0.25) is 0 Å². The van der Waals surface area contributed by atoms with Gasteiger partial charge in [-0.15, -0.1) is 0 Å². The predicted octanol–water partition coefficient (Wildman–Crippen LogP) is 3.19. The van der Waals surface area contributed by atoms with Crippen molar-refractivity contribution in [3.05, 3.63) is 108 Å². The second-order valence-electron chi connectivity index (χ2n) is 18.7. The number of nitrogens with one attached hydrogen (secondary N) is 10. The first-order valence-corrected chi connectivity index (χ1v) is 24.5. The summed E-state index contributed by atoms with van der Waals surface area (Å²) in [5.74, 6) is -5.19. The highest BCUT2D eigenvalue weighted by molar-refractivity contribution is 5.96. The lowest BCUT2D eigenvalue weighted by Crippen LogP contribution is -2.58. The number of fused-ring (bicyclic) bond motifs is 3. The summed E-state index contributed by atoms with van der Waals surface area (Å²) in [6.45, 7) is 8.15. The van der Waals surface area contributed by atoms with E-state index >= 15 is 0 Å². The summed E-state index contributed by atoms with van der Waals surface area (Å²) in [5, 5.41) is 21.9. The van der Waals surface area contributed by atoms with Crippen molar-refractivity contribution in [1.29, 1.82) is 0 Å². The average Bonchev–Trinajstić information content (AvgIpc) is 4.09. The Bertz CT molecular complexity index is 2880. The average molecular weight is 986 g/mol. The lowest BCUT2D eigenvalue weighted by atomic mass is 9.97. The van der Waals surface area contributed by atoms with E-state index in [-0.39, 0.29) is 50.0 Å². The molecular weight excluding hydrogens is 919 g/mol. The van der Waals surface area contributed by atoms with Crippen LogP contribution in [0.5, 0.6) is 0 Å². The highest BCUT2D eigenvalue weighted by Crippen LogP contribution is 2.22. The molecule has 382 valence electrons. The molecule has 0 bridgehead atoms. The molecule has 6 rings (SSSR count). The van der Waals surface area contributed by atoms with E-state index in [1.54, 1.807) is 33.2 Å². The lowest BCUT2D eigenvalue weighted by Gasteiger charge is -2.26. The molecule has 0 radical (unpaired) electrons. The highest BCUT2D eigenvalue weighted by atomic mass is 16.2. The molecular formula is C53H67N11O8. The van der Waals surface area contributed by atoms with E-state index in [2.05, 4.69) is 52.2 Å². The Kier molecular flexibility index (Phi) is 18.7. The summed E-state index contributed by atoms with van der Waals surface area (Å²) in [7, 11) is 0. The van der Waals surface area contributed by atoms with Crippen LogP contribution in [0.25, 0.3) is 32.7 Å². The van der Waals surface area contributed by atoms with E-state index in [0.29, 0.717) is 19.3 Å². The van der Waals surface area contributed by atoms with Gasteiger partial charge in [0.05, 0.1) is 6.54 Å². The van der Waals surface area contributed by atoms with Crippen molar-refractivity contribution >= 4 is 80.0 Å². The third kappa shape index (κ3) is 14.3. The Labute approximate surface area is 417 Å². The number of primary amides is 1. The van der Waals surface area contributed by atoms with Gasteiger partial charge in [0.25, 0.3) is 0 Å². The third-order valence-electron chi connectivity index (χ3n) is 12.9. The lowest BCUT2D eigenvalue weighted by molar-refractivity contribution is -0.134. The van der Waals surface area contributed by atoms with Crippen LogP contribution in [0.15, 0.2) is 91.4 Å². The van der Waals surface area contributed by atoms with Gasteiger partial charge in [0.15, 0.2) is 0 Å². The fourth-order valence-corrected chi connectivity index (χ4v) is 8.74. The van der Waals surface area contributed by atoms with Crippen molar-refractivity contribution in [2.45, 2.75) is 110 Å². The highest BCUT2D eigenvalue weighted by Gasteiger charge is 2.32. The van der Waals surface area contributed by atoms with Crippen LogP contribution in [0.1, 0.15) is 77.0 Å². The summed E-state index contributed by atoms with van der Waals surface area (Å²) >= 11 is 0. The monoisotopic (exact) mass is 986 g/mol. The molecule has 0 fully saturated rings. The number of H-pyrrole nitrogens is 3. The Balaban J connectivity index is 1.06. The van der Waals surface area contributed by atoms with Crippen molar-refractivity contribution in [3.8, 4) is 0 Å². The molecule has 1 unspecified atom stereocenters. The first-order valence-electron chi connectivity index (χ1n) is 24.5. The van der Waals surface area contributed by atoms with Gasteiger partial charge in [0.1, 0.15) is 30.2 Å². The minimum absolute atomic E-state index is 0.0291. The van der Waals surface area contributed by atoms with Gasteiger partial charge in [-0.3, -0.25) is 38.4 Å². The number of hydrogen-bond donors (Lipinski definition) is 11. The summed E-state index contributed by atoms with van der Waals surface area (Å²) in [4.78, 5) is 116. The van der Waals surface area contributed by atoms with Crippen LogP contribution in [0.3, 0.4) is 0 Å². The number of unbranched alkanes of at least 4 members (excludes halogenated alkanes) is 1. The Morgan fingerprint density at radius 3 is 1.42 bits per heavy atom. The molecule has 3 heterocycles. The zero-order valence-electron chi connectivity index (χ0n) is 41.4. The van der Waals surface area contributed by atoms with E-state index in [0.717, 1.165) is 49.4 Å². The van der Waals surface area contributed by atoms with Gasteiger partial charge in [-0.25, -0.2) is 0 Å². The zero-order valence-corrected chi connectivity index (χ0v) is 41.4. The molecule has 6 atom stereocenters. The van der Waals surface area contributed by atoms with E-state index in [1.807, 2.05) is 85.9 Å². The summed E-state index contributed by atoms with van der Waals surface area (Å²) in [6.07, 6.45) is 7.14. The fraction of sp³-hybridized carbons (Fsp3) is 0.396. The summed E-state index contributed by atoms with van der Waals surface area (Å²) < 4.78 is 0. The number of benzene rings is 3. The SMILES string of the molecule is CCC(C)[C@H](NC(=O)[C@H](Cc1c[nH]c2ccccc12)NC(=O)CNC(=O)[C@@H](NC(=O)[C@H](Cc1c[nH]c2ccccc12)NC(=O)CCCCNC(=O)[C@H](Cc1c[nH]c2ccccc12)NC(C)=O)C(C)C)C(N)=O. The predicted molar refractivity (Wildman–Crippen MR) is 275 cm³/mol. The smallest absolute Gasteiger partial charge is 0.243 e. The maximum Gasteiger partial charge on any atom is 0.243 e. The van der Waals surface area contributed by atoms with Crippen LogP contribution in [-0.2, 0) is 57.6 Å². The van der Waals surface area contributed by atoms with Crippen molar-refractivity contribution in [2.75, 3.05) is 13.1 Å². The molecule has 0 saturated heterocycles. The van der Waals surface area contributed by atoms with Crippen molar-refractivity contribution in [3.63, 3.8) is 0 Å². The second-order valence-corrected chi connectivity index (χ2v) is 18.7.